The second-order valence-corrected chi connectivity index (χ2v) is 6.12. The van der Waals surface area contributed by atoms with Crippen molar-refractivity contribution in [2.45, 2.75) is 32.0 Å². The van der Waals surface area contributed by atoms with E-state index in [1.807, 2.05) is 6.92 Å². The minimum atomic E-state index is -4.46. The van der Waals surface area contributed by atoms with Crippen LogP contribution in [0.15, 0.2) is 24.3 Å². The minimum Gasteiger partial charge on any atom is -0.387 e. The molecule has 2 rings (SSSR count). The number of halogens is 3. The highest BCUT2D eigenvalue weighted by molar-refractivity contribution is 5.78. The van der Waals surface area contributed by atoms with E-state index in [-0.39, 0.29) is 29.9 Å². The van der Waals surface area contributed by atoms with Gasteiger partial charge in [0.05, 0.1) is 11.7 Å². The molecule has 0 bridgehead atoms. The largest absolute Gasteiger partial charge is 0.416 e. The molecule has 0 radical (unpaired) electrons. The van der Waals surface area contributed by atoms with E-state index in [0.717, 1.165) is 25.0 Å². The number of rotatable bonds is 5. The smallest absolute Gasteiger partial charge is 0.387 e. The molecule has 1 aliphatic rings. The van der Waals surface area contributed by atoms with Gasteiger partial charge in [0.1, 0.15) is 0 Å². The average molecular weight is 345 g/mol. The average Bonchev–Trinajstić information content (AvgIpc) is 2.58. The molecule has 1 heterocycles. The second-order valence-electron chi connectivity index (χ2n) is 6.12. The zero-order chi connectivity index (χ0) is 17.7. The molecule has 0 aromatic heterocycles. The van der Waals surface area contributed by atoms with Gasteiger partial charge < -0.3 is 15.2 Å². The molecule has 1 amide bonds. The second kappa shape index (κ2) is 7.98. The Hall–Kier alpha value is -1.60. The highest BCUT2D eigenvalue weighted by Crippen LogP contribution is 2.30. The number of hydrogen-bond donors (Lipinski definition) is 2. The molecule has 2 N–H and O–H groups in total. The first-order valence-electron chi connectivity index (χ1n) is 7.99. The SMILES string of the molecule is CC(C(=O)NCC(O)c1cccc(C(F)(F)F)c1)C1CCOCC1. The maximum absolute atomic E-state index is 12.7. The number of aliphatic hydroxyl groups is 1. The monoisotopic (exact) mass is 345 g/mol. The molecule has 1 aromatic rings. The summed E-state index contributed by atoms with van der Waals surface area (Å²) in [5.74, 6) is -0.194. The quantitative estimate of drug-likeness (QED) is 0.863. The van der Waals surface area contributed by atoms with Gasteiger partial charge in [0.2, 0.25) is 5.91 Å². The number of amides is 1. The zero-order valence-electron chi connectivity index (χ0n) is 13.5. The summed E-state index contributed by atoms with van der Waals surface area (Å²) >= 11 is 0. The molecule has 1 aromatic carbocycles. The van der Waals surface area contributed by atoms with Crippen LogP contribution in [0.3, 0.4) is 0 Å². The molecule has 1 aliphatic heterocycles. The summed E-state index contributed by atoms with van der Waals surface area (Å²) in [7, 11) is 0. The van der Waals surface area contributed by atoms with Crippen molar-refractivity contribution in [3.63, 3.8) is 0 Å². The van der Waals surface area contributed by atoms with Crippen LogP contribution in [0.5, 0.6) is 0 Å². The lowest BCUT2D eigenvalue weighted by molar-refractivity contribution is -0.137. The Morgan fingerprint density at radius 2 is 2.04 bits per heavy atom. The topological polar surface area (TPSA) is 58.6 Å². The number of hydrogen-bond acceptors (Lipinski definition) is 3. The molecule has 2 atom stereocenters. The van der Waals surface area contributed by atoms with Crippen molar-refractivity contribution >= 4 is 5.91 Å². The highest BCUT2D eigenvalue weighted by atomic mass is 19.4. The van der Waals surface area contributed by atoms with Gasteiger partial charge in [0.25, 0.3) is 0 Å². The molecule has 134 valence electrons. The summed E-state index contributed by atoms with van der Waals surface area (Å²) in [4.78, 5) is 12.2. The van der Waals surface area contributed by atoms with Gasteiger partial charge in [-0.3, -0.25) is 4.79 Å². The Morgan fingerprint density at radius 3 is 2.67 bits per heavy atom. The fourth-order valence-corrected chi connectivity index (χ4v) is 2.83. The number of ether oxygens (including phenoxy) is 1. The molecule has 1 fully saturated rings. The fourth-order valence-electron chi connectivity index (χ4n) is 2.83. The van der Waals surface area contributed by atoms with Crippen LogP contribution < -0.4 is 5.32 Å². The van der Waals surface area contributed by atoms with Crippen LogP contribution >= 0.6 is 0 Å². The van der Waals surface area contributed by atoms with E-state index in [0.29, 0.717) is 13.2 Å². The lowest BCUT2D eigenvalue weighted by Crippen LogP contribution is -2.37. The van der Waals surface area contributed by atoms with Crippen LogP contribution in [0.25, 0.3) is 0 Å². The summed E-state index contributed by atoms with van der Waals surface area (Å²) in [6.07, 6.45) is -4.02. The Labute approximate surface area is 139 Å². The molecule has 24 heavy (non-hydrogen) atoms. The molecule has 0 spiro atoms. The van der Waals surface area contributed by atoms with Crippen LogP contribution in [0.1, 0.15) is 37.0 Å². The minimum absolute atomic E-state index is 0.117. The molecule has 2 unspecified atom stereocenters. The van der Waals surface area contributed by atoms with E-state index in [1.165, 1.54) is 12.1 Å². The van der Waals surface area contributed by atoms with E-state index in [9.17, 15) is 23.1 Å². The van der Waals surface area contributed by atoms with Gasteiger partial charge >= 0.3 is 6.18 Å². The summed E-state index contributed by atoms with van der Waals surface area (Å²) in [5, 5.41) is 12.7. The van der Waals surface area contributed by atoms with E-state index in [2.05, 4.69) is 5.32 Å². The van der Waals surface area contributed by atoms with E-state index < -0.39 is 17.8 Å². The fraction of sp³-hybridized carbons (Fsp3) is 0.588. The summed E-state index contributed by atoms with van der Waals surface area (Å²) in [6, 6.07) is 4.50. The first-order valence-corrected chi connectivity index (χ1v) is 7.99. The number of aliphatic hydroxyl groups excluding tert-OH is 1. The lowest BCUT2D eigenvalue weighted by Gasteiger charge is -2.27. The van der Waals surface area contributed by atoms with Crippen molar-refractivity contribution in [2.24, 2.45) is 11.8 Å². The summed E-state index contributed by atoms with van der Waals surface area (Å²) in [6.45, 7) is 2.97. The molecule has 7 heteroatoms. The summed E-state index contributed by atoms with van der Waals surface area (Å²) < 4.78 is 43.3. The zero-order valence-corrected chi connectivity index (χ0v) is 13.5. The molecule has 1 saturated heterocycles. The van der Waals surface area contributed by atoms with E-state index >= 15 is 0 Å². The van der Waals surface area contributed by atoms with Crippen molar-refractivity contribution in [1.29, 1.82) is 0 Å². The van der Waals surface area contributed by atoms with Crippen molar-refractivity contribution in [3.05, 3.63) is 35.4 Å². The predicted molar refractivity (Wildman–Crippen MR) is 82.1 cm³/mol. The molecule has 4 nitrogen and oxygen atoms in total. The van der Waals surface area contributed by atoms with Crippen molar-refractivity contribution in [1.82, 2.24) is 5.32 Å². The molecule has 0 aliphatic carbocycles. The molecule has 0 saturated carbocycles. The Morgan fingerprint density at radius 1 is 1.38 bits per heavy atom. The van der Waals surface area contributed by atoms with Crippen molar-refractivity contribution in [3.8, 4) is 0 Å². The number of carbonyl (C=O) groups excluding carboxylic acids is 1. The standard InChI is InChI=1S/C17H22F3NO3/c1-11(12-5-7-24-8-6-12)16(23)21-10-15(22)13-3-2-4-14(9-13)17(18,19)20/h2-4,9,11-12,15,22H,5-8,10H2,1H3,(H,21,23). The lowest BCUT2D eigenvalue weighted by atomic mass is 9.87. The van der Waals surface area contributed by atoms with Crippen LogP contribution in [0.4, 0.5) is 13.2 Å². The Bertz CT molecular complexity index is 556. The van der Waals surface area contributed by atoms with Gasteiger partial charge in [-0.15, -0.1) is 0 Å². The van der Waals surface area contributed by atoms with Gasteiger partial charge in [-0.2, -0.15) is 13.2 Å². The van der Waals surface area contributed by atoms with Gasteiger partial charge in [-0.05, 0) is 36.5 Å². The van der Waals surface area contributed by atoms with Gasteiger partial charge in [-0.1, -0.05) is 19.1 Å². The number of carbonyl (C=O) groups is 1. The van der Waals surface area contributed by atoms with Crippen molar-refractivity contribution < 1.29 is 27.8 Å². The van der Waals surface area contributed by atoms with Crippen LogP contribution in [-0.2, 0) is 15.7 Å². The maximum atomic E-state index is 12.7. The highest BCUT2D eigenvalue weighted by Gasteiger charge is 2.31. The molecular weight excluding hydrogens is 323 g/mol. The van der Waals surface area contributed by atoms with Gasteiger partial charge in [0.15, 0.2) is 0 Å². The third-order valence-corrected chi connectivity index (χ3v) is 4.45. The van der Waals surface area contributed by atoms with E-state index in [1.54, 1.807) is 0 Å². The predicted octanol–water partition coefficient (Wildman–Crippen LogP) is 2.92. The Balaban J connectivity index is 1.90. The van der Waals surface area contributed by atoms with Gasteiger partial charge in [-0.25, -0.2) is 0 Å². The molecular formula is C17H22F3NO3. The number of alkyl halides is 3. The van der Waals surface area contributed by atoms with Crippen LogP contribution in [0, 0.1) is 11.8 Å². The number of nitrogens with one attached hydrogen (secondary N) is 1. The maximum Gasteiger partial charge on any atom is 0.416 e. The normalized spacial score (nSPS) is 18.9. The third-order valence-electron chi connectivity index (χ3n) is 4.45. The first-order chi connectivity index (χ1) is 11.3. The van der Waals surface area contributed by atoms with E-state index in [4.69, 9.17) is 4.74 Å². The Kier molecular flexibility index (Phi) is 6.23. The van der Waals surface area contributed by atoms with Crippen LogP contribution in [-0.4, -0.2) is 30.8 Å². The first kappa shape index (κ1) is 18.7. The summed E-state index contributed by atoms with van der Waals surface area (Å²) in [5.41, 5.74) is -0.690. The number of benzene rings is 1. The van der Waals surface area contributed by atoms with Crippen molar-refractivity contribution in [2.75, 3.05) is 19.8 Å². The van der Waals surface area contributed by atoms with Crippen LogP contribution in [0.2, 0.25) is 0 Å². The van der Waals surface area contributed by atoms with Gasteiger partial charge in [0, 0.05) is 25.7 Å². The third kappa shape index (κ3) is 4.95.